The quantitative estimate of drug-likeness (QED) is 0.788. The molecule has 1 unspecified atom stereocenters. The summed E-state index contributed by atoms with van der Waals surface area (Å²) in [5.41, 5.74) is 0. The van der Waals surface area contributed by atoms with Crippen LogP contribution in [-0.4, -0.2) is 34.4 Å². The molecule has 7 heteroatoms. The summed E-state index contributed by atoms with van der Waals surface area (Å²) < 4.78 is 53.3. The van der Waals surface area contributed by atoms with Gasteiger partial charge in [-0.05, 0) is 37.3 Å². The third-order valence-electron chi connectivity index (χ3n) is 3.76. The topological polar surface area (TPSA) is 77.5 Å². The third-order valence-corrected chi connectivity index (χ3v) is 6.62. The van der Waals surface area contributed by atoms with Gasteiger partial charge in [-0.2, -0.15) is 8.42 Å². The minimum atomic E-state index is -3.69. The molecule has 1 aromatic rings. The molecule has 118 valence electrons. The van der Waals surface area contributed by atoms with E-state index >= 15 is 0 Å². The van der Waals surface area contributed by atoms with Gasteiger partial charge in [0.1, 0.15) is 0 Å². The average molecular weight is 332 g/mol. The molecule has 0 radical (unpaired) electrons. The van der Waals surface area contributed by atoms with Crippen LogP contribution < -0.4 is 0 Å². The standard InChI is InChI=1S/C14H20O5S2/c1-11-8-9-14(13(10-11)19-20(2,15)16)21(17,18)12-6-4-3-5-7-12/h3-7,11,13-14H,8-10H2,1-2H3/t11-,13-,14?/m1/s1. The summed E-state index contributed by atoms with van der Waals surface area (Å²) in [6.45, 7) is 1.98. The first-order chi connectivity index (χ1) is 9.70. The van der Waals surface area contributed by atoms with Crippen molar-refractivity contribution in [1.29, 1.82) is 0 Å². The van der Waals surface area contributed by atoms with E-state index in [1.807, 2.05) is 6.92 Å². The first-order valence-corrected chi connectivity index (χ1v) is 10.2. The van der Waals surface area contributed by atoms with E-state index in [9.17, 15) is 16.8 Å². The molecule has 1 aliphatic rings. The number of hydrogen-bond donors (Lipinski definition) is 0. The van der Waals surface area contributed by atoms with Gasteiger partial charge in [-0.25, -0.2) is 8.42 Å². The van der Waals surface area contributed by atoms with E-state index in [4.69, 9.17) is 4.18 Å². The number of benzene rings is 1. The summed E-state index contributed by atoms with van der Waals surface area (Å²) in [7, 11) is -7.28. The zero-order valence-corrected chi connectivity index (χ0v) is 13.7. The van der Waals surface area contributed by atoms with E-state index in [0.717, 1.165) is 12.7 Å². The van der Waals surface area contributed by atoms with Crippen molar-refractivity contribution in [2.75, 3.05) is 6.26 Å². The summed E-state index contributed by atoms with van der Waals surface area (Å²) in [6.07, 6.45) is 1.75. The SMILES string of the molecule is C[C@@H]1CCC(S(=O)(=O)c2ccccc2)[C@H](OS(C)(=O)=O)C1. The first-order valence-electron chi connectivity index (χ1n) is 6.87. The fraction of sp³-hybridized carbons (Fsp3) is 0.571. The van der Waals surface area contributed by atoms with Crippen molar-refractivity contribution >= 4 is 20.0 Å². The molecule has 0 aromatic heterocycles. The summed E-state index contributed by atoms with van der Waals surface area (Å²) >= 11 is 0. The fourth-order valence-electron chi connectivity index (χ4n) is 2.77. The van der Waals surface area contributed by atoms with E-state index < -0.39 is 31.3 Å². The van der Waals surface area contributed by atoms with Crippen LogP contribution in [-0.2, 0) is 24.1 Å². The van der Waals surface area contributed by atoms with Crippen LogP contribution in [0.15, 0.2) is 35.2 Å². The predicted octanol–water partition coefficient (Wildman–Crippen LogP) is 1.99. The van der Waals surface area contributed by atoms with Gasteiger partial charge in [0.2, 0.25) is 0 Å². The first kappa shape index (κ1) is 16.5. The average Bonchev–Trinajstić information content (AvgIpc) is 2.37. The van der Waals surface area contributed by atoms with Crippen LogP contribution in [0.2, 0.25) is 0 Å². The van der Waals surface area contributed by atoms with Gasteiger partial charge in [-0.3, -0.25) is 4.18 Å². The second-order valence-electron chi connectivity index (χ2n) is 5.65. The monoisotopic (exact) mass is 332 g/mol. The van der Waals surface area contributed by atoms with Gasteiger partial charge in [0.25, 0.3) is 10.1 Å². The van der Waals surface area contributed by atoms with Crippen LogP contribution in [0.25, 0.3) is 0 Å². The molecule has 3 atom stereocenters. The van der Waals surface area contributed by atoms with Crippen molar-refractivity contribution in [2.45, 2.75) is 42.4 Å². The van der Waals surface area contributed by atoms with Crippen molar-refractivity contribution in [1.82, 2.24) is 0 Å². The van der Waals surface area contributed by atoms with E-state index in [-0.39, 0.29) is 10.8 Å². The molecular weight excluding hydrogens is 312 g/mol. The maximum atomic E-state index is 12.7. The Balaban J connectivity index is 2.35. The Hall–Kier alpha value is -0.920. The molecule has 2 rings (SSSR count). The van der Waals surface area contributed by atoms with Crippen molar-refractivity contribution < 1.29 is 21.0 Å². The number of sulfone groups is 1. The Kier molecular flexibility index (Phi) is 4.75. The van der Waals surface area contributed by atoms with Gasteiger partial charge < -0.3 is 0 Å². The van der Waals surface area contributed by atoms with Gasteiger partial charge in [-0.15, -0.1) is 0 Å². The zero-order valence-electron chi connectivity index (χ0n) is 12.1. The van der Waals surface area contributed by atoms with E-state index in [1.165, 1.54) is 12.1 Å². The lowest BCUT2D eigenvalue weighted by atomic mass is 9.88. The smallest absolute Gasteiger partial charge is 0.264 e. The predicted molar refractivity (Wildman–Crippen MR) is 80.1 cm³/mol. The zero-order chi connectivity index (χ0) is 15.7. The highest BCUT2D eigenvalue weighted by molar-refractivity contribution is 7.92. The molecule has 1 fully saturated rings. The second-order valence-corrected chi connectivity index (χ2v) is 9.42. The van der Waals surface area contributed by atoms with Gasteiger partial charge in [-0.1, -0.05) is 25.1 Å². The lowest BCUT2D eigenvalue weighted by molar-refractivity contribution is 0.140. The van der Waals surface area contributed by atoms with Crippen molar-refractivity contribution in [3.05, 3.63) is 30.3 Å². The number of hydrogen-bond acceptors (Lipinski definition) is 5. The maximum absolute atomic E-state index is 12.7. The van der Waals surface area contributed by atoms with Gasteiger partial charge in [0, 0.05) is 0 Å². The molecule has 1 saturated carbocycles. The molecule has 5 nitrogen and oxygen atoms in total. The third kappa shape index (κ3) is 4.05. The Morgan fingerprint density at radius 3 is 2.24 bits per heavy atom. The summed E-state index contributed by atoms with van der Waals surface area (Å²) in [5, 5.41) is -0.814. The molecule has 0 bridgehead atoms. The van der Waals surface area contributed by atoms with Crippen LogP contribution in [0.1, 0.15) is 26.2 Å². The summed E-state index contributed by atoms with van der Waals surface area (Å²) in [4.78, 5) is 0.214. The van der Waals surface area contributed by atoms with Crippen molar-refractivity contribution in [3.8, 4) is 0 Å². The Labute approximate surface area is 126 Å². The molecular formula is C14H20O5S2. The molecule has 0 spiro atoms. The highest BCUT2D eigenvalue weighted by Crippen LogP contribution is 2.34. The van der Waals surface area contributed by atoms with Gasteiger partial charge >= 0.3 is 0 Å². The van der Waals surface area contributed by atoms with Crippen molar-refractivity contribution in [3.63, 3.8) is 0 Å². The van der Waals surface area contributed by atoms with E-state index in [0.29, 0.717) is 12.8 Å². The fourth-order valence-corrected chi connectivity index (χ4v) is 5.40. The molecule has 0 amide bonds. The molecule has 0 aliphatic heterocycles. The molecule has 0 saturated heterocycles. The van der Waals surface area contributed by atoms with Crippen LogP contribution in [0, 0.1) is 5.92 Å². The highest BCUT2D eigenvalue weighted by atomic mass is 32.2. The second kappa shape index (κ2) is 6.06. The van der Waals surface area contributed by atoms with Crippen LogP contribution in [0.5, 0.6) is 0 Å². The van der Waals surface area contributed by atoms with Gasteiger partial charge in [0.15, 0.2) is 9.84 Å². The Morgan fingerprint density at radius 2 is 1.67 bits per heavy atom. The lowest BCUT2D eigenvalue weighted by Crippen LogP contribution is -2.41. The maximum Gasteiger partial charge on any atom is 0.264 e. The normalized spacial score (nSPS) is 27.4. The number of rotatable bonds is 4. The van der Waals surface area contributed by atoms with E-state index in [2.05, 4.69) is 0 Å². The minimum absolute atomic E-state index is 0.214. The van der Waals surface area contributed by atoms with Gasteiger partial charge in [0.05, 0.1) is 22.5 Å². The van der Waals surface area contributed by atoms with E-state index in [1.54, 1.807) is 18.2 Å². The molecule has 1 aliphatic carbocycles. The molecule has 0 heterocycles. The van der Waals surface area contributed by atoms with Crippen molar-refractivity contribution in [2.24, 2.45) is 5.92 Å². The Bertz CT molecular complexity index is 679. The largest absolute Gasteiger partial charge is 0.266 e. The lowest BCUT2D eigenvalue weighted by Gasteiger charge is -2.33. The molecule has 0 N–H and O–H groups in total. The summed E-state index contributed by atoms with van der Waals surface area (Å²) in [6, 6.07) is 8.12. The van der Waals surface area contributed by atoms with Crippen LogP contribution in [0.4, 0.5) is 0 Å². The highest BCUT2D eigenvalue weighted by Gasteiger charge is 2.40. The molecule has 1 aromatic carbocycles. The molecule has 21 heavy (non-hydrogen) atoms. The summed E-state index contributed by atoms with van der Waals surface area (Å²) in [5.74, 6) is 0.249. The van der Waals surface area contributed by atoms with Crippen LogP contribution in [0.3, 0.4) is 0 Å². The minimum Gasteiger partial charge on any atom is -0.266 e. The Morgan fingerprint density at radius 1 is 1.05 bits per heavy atom. The van der Waals surface area contributed by atoms with Crippen LogP contribution >= 0.6 is 0 Å².